The molecule has 0 aliphatic heterocycles. The Balaban J connectivity index is 2.01. The molecule has 1 amide bonds. The Bertz CT molecular complexity index is 571. The lowest BCUT2D eigenvalue weighted by atomic mass is 9.96. The molecule has 1 aromatic heterocycles. The van der Waals surface area contributed by atoms with E-state index in [1.807, 2.05) is 44.2 Å². The van der Waals surface area contributed by atoms with Crippen LogP contribution < -0.4 is 5.32 Å². The summed E-state index contributed by atoms with van der Waals surface area (Å²) in [6, 6.07) is 9.76. The van der Waals surface area contributed by atoms with Crippen molar-refractivity contribution in [3.05, 3.63) is 40.9 Å². The van der Waals surface area contributed by atoms with Gasteiger partial charge in [-0.2, -0.15) is 0 Å². The largest absolute Gasteiger partial charge is 0.374 e. The van der Waals surface area contributed by atoms with Crippen molar-refractivity contribution in [2.75, 3.05) is 11.9 Å². The van der Waals surface area contributed by atoms with Crippen LogP contribution in [0.25, 0.3) is 0 Å². The van der Waals surface area contributed by atoms with Crippen LogP contribution in [0, 0.1) is 0 Å². The summed E-state index contributed by atoms with van der Waals surface area (Å²) in [5, 5.41) is 12.1. The van der Waals surface area contributed by atoms with Crippen LogP contribution in [0.3, 0.4) is 0 Å². The second-order valence-corrected chi connectivity index (χ2v) is 5.56. The molecular formula is C15H19N3O2S. The standard InChI is InChI=1S/C15H19N3O2S/c1-3-12(11-8-6-5-7-9-11)14(19)16-15-18-17-13(21-15)10-20-4-2/h5-9,12H,3-4,10H2,1-2H3,(H,16,18,19)/t12-/m1/s1. The van der Waals surface area contributed by atoms with E-state index in [0.717, 1.165) is 17.0 Å². The number of aromatic nitrogens is 2. The number of amides is 1. The van der Waals surface area contributed by atoms with E-state index >= 15 is 0 Å². The van der Waals surface area contributed by atoms with Crippen molar-refractivity contribution < 1.29 is 9.53 Å². The molecule has 2 rings (SSSR count). The third-order valence-corrected chi connectivity index (χ3v) is 3.87. The predicted octanol–water partition coefficient (Wildman–Crippen LogP) is 3.21. The summed E-state index contributed by atoms with van der Waals surface area (Å²) in [7, 11) is 0. The Kier molecular flexibility index (Phi) is 5.83. The van der Waals surface area contributed by atoms with Gasteiger partial charge in [0, 0.05) is 6.61 Å². The molecule has 0 fully saturated rings. The quantitative estimate of drug-likeness (QED) is 0.853. The Labute approximate surface area is 128 Å². The number of carbonyl (C=O) groups excluding carboxylic acids is 1. The number of nitrogens with zero attached hydrogens (tertiary/aromatic N) is 2. The average Bonchev–Trinajstić information content (AvgIpc) is 2.94. The SMILES string of the molecule is CCOCc1nnc(NC(=O)[C@H](CC)c2ccccc2)s1. The number of hydrogen-bond donors (Lipinski definition) is 1. The lowest BCUT2D eigenvalue weighted by Crippen LogP contribution is -2.20. The molecule has 0 unspecified atom stereocenters. The van der Waals surface area contributed by atoms with Crippen molar-refractivity contribution in [2.24, 2.45) is 0 Å². The molecule has 0 saturated heterocycles. The van der Waals surface area contributed by atoms with E-state index in [9.17, 15) is 4.79 Å². The minimum absolute atomic E-state index is 0.0530. The van der Waals surface area contributed by atoms with Gasteiger partial charge in [0.05, 0.1) is 5.92 Å². The van der Waals surface area contributed by atoms with Gasteiger partial charge in [-0.05, 0) is 18.9 Å². The molecule has 0 saturated carbocycles. The van der Waals surface area contributed by atoms with E-state index in [4.69, 9.17) is 4.74 Å². The zero-order valence-electron chi connectivity index (χ0n) is 12.2. The van der Waals surface area contributed by atoms with Crippen molar-refractivity contribution in [3.63, 3.8) is 0 Å². The van der Waals surface area contributed by atoms with Crippen LogP contribution in [0.4, 0.5) is 5.13 Å². The zero-order chi connectivity index (χ0) is 15.1. The summed E-state index contributed by atoms with van der Waals surface area (Å²) in [5.74, 6) is -0.228. The van der Waals surface area contributed by atoms with E-state index in [2.05, 4.69) is 15.5 Å². The average molecular weight is 305 g/mol. The predicted molar refractivity (Wildman–Crippen MR) is 83.3 cm³/mol. The van der Waals surface area contributed by atoms with Gasteiger partial charge in [-0.25, -0.2) is 0 Å². The third kappa shape index (κ3) is 4.34. The molecule has 0 aliphatic carbocycles. The van der Waals surface area contributed by atoms with Crippen molar-refractivity contribution >= 4 is 22.4 Å². The van der Waals surface area contributed by atoms with Crippen LogP contribution in [0.5, 0.6) is 0 Å². The van der Waals surface area contributed by atoms with Crippen LogP contribution in [-0.4, -0.2) is 22.7 Å². The fourth-order valence-electron chi connectivity index (χ4n) is 2.00. The minimum atomic E-state index is -0.176. The highest BCUT2D eigenvalue weighted by molar-refractivity contribution is 7.15. The number of hydrogen-bond acceptors (Lipinski definition) is 5. The molecule has 112 valence electrons. The first-order chi connectivity index (χ1) is 10.2. The Morgan fingerprint density at radius 2 is 2.05 bits per heavy atom. The molecule has 0 aliphatic rings. The van der Waals surface area contributed by atoms with Crippen LogP contribution in [0.2, 0.25) is 0 Å². The van der Waals surface area contributed by atoms with E-state index in [-0.39, 0.29) is 11.8 Å². The fraction of sp³-hybridized carbons (Fsp3) is 0.400. The first kappa shape index (κ1) is 15.6. The van der Waals surface area contributed by atoms with Crippen molar-refractivity contribution in [1.29, 1.82) is 0 Å². The number of benzene rings is 1. The van der Waals surface area contributed by atoms with Gasteiger partial charge in [-0.1, -0.05) is 48.6 Å². The second kappa shape index (κ2) is 7.85. The minimum Gasteiger partial charge on any atom is -0.374 e. The molecule has 6 heteroatoms. The number of rotatable bonds is 7. The normalized spacial score (nSPS) is 12.1. The number of carbonyl (C=O) groups is 1. The van der Waals surface area contributed by atoms with Crippen molar-refractivity contribution in [1.82, 2.24) is 10.2 Å². The summed E-state index contributed by atoms with van der Waals surface area (Å²) in [6.07, 6.45) is 0.737. The fourth-order valence-corrected chi connectivity index (χ4v) is 2.68. The number of ether oxygens (including phenoxy) is 1. The molecule has 0 radical (unpaired) electrons. The van der Waals surface area contributed by atoms with E-state index in [1.54, 1.807) is 0 Å². The molecule has 1 N–H and O–H groups in total. The molecule has 1 atom stereocenters. The lowest BCUT2D eigenvalue weighted by Gasteiger charge is -2.13. The Morgan fingerprint density at radius 3 is 2.71 bits per heavy atom. The van der Waals surface area contributed by atoms with Crippen LogP contribution in [0.1, 0.15) is 36.8 Å². The molecule has 1 heterocycles. The highest BCUT2D eigenvalue weighted by Crippen LogP contribution is 2.23. The third-order valence-electron chi connectivity index (χ3n) is 3.05. The van der Waals surface area contributed by atoms with Crippen LogP contribution in [0.15, 0.2) is 30.3 Å². The molecule has 5 nitrogen and oxygen atoms in total. The van der Waals surface area contributed by atoms with E-state index < -0.39 is 0 Å². The Hall–Kier alpha value is -1.79. The number of nitrogens with one attached hydrogen (secondary N) is 1. The molecule has 2 aromatic rings. The van der Waals surface area contributed by atoms with Crippen LogP contribution >= 0.6 is 11.3 Å². The summed E-state index contributed by atoms with van der Waals surface area (Å²) in [5.41, 5.74) is 1.01. The maximum Gasteiger partial charge on any atom is 0.233 e. The van der Waals surface area contributed by atoms with Gasteiger partial charge < -0.3 is 4.74 Å². The maximum atomic E-state index is 12.4. The molecule has 1 aromatic carbocycles. The molecule has 0 spiro atoms. The van der Waals surface area contributed by atoms with Crippen molar-refractivity contribution in [3.8, 4) is 0 Å². The Morgan fingerprint density at radius 1 is 1.29 bits per heavy atom. The monoisotopic (exact) mass is 305 g/mol. The highest BCUT2D eigenvalue weighted by atomic mass is 32.1. The zero-order valence-corrected chi connectivity index (χ0v) is 13.0. The van der Waals surface area contributed by atoms with E-state index in [0.29, 0.717) is 18.3 Å². The lowest BCUT2D eigenvalue weighted by molar-refractivity contribution is -0.117. The molecule has 0 bridgehead atoms. The van der Waals surface area contributed by atoms with Gasteiger partial charge in [-0.3, -0.25) is 10.1 Å². The first-order valence-corrected chi connectivity index (χ1v) is 7.82. The smallest absolute Gasteiger partial charge is 0.233 e. The highest BCUT2D eigenvalue weighted by Gasteiger charge is 2.19. The first-order valence-electron chi connectivity index (χ1n) is 7.00. The van der Waals surface area contributed by atoms with Gasteiger partial charge in [0.1, 0.15) is 11.6 Å². The van der Waals surface area contributed by atoms with Gasteiger partial charge >= 0.3 is 0 Å². The van der Waals surface area contributed by atoms with Gasteiger partial charge in [0.25, 0.3) is 0 Å². The van der Waals surface area contributed by atoms with E-state index in [1.165, 1.54) is 11.3 Å². The van der Waals surface area contributed by atoms with Crippen LogP contribution in [-0.2, 0) is 16.1 Å². The van der Waals surface area contributed by atoms with Gasteiger partial charge in [0.15, 0.2) is 0 Å². The summed E-state index contributed by atoms with van der Waals surface area (Å²) < 4.78 is 5.27. The number of anilines is 1. The second-order valence-electron chi connectivity index (χ2n) is 4.50. The summed E-state index contributed by atoms with van der Waals surface area (Å²) in [6.45, 7) is 4.99. The topological polar surface area (TPSA) is 64.1 Å². The summed E-state index contributed by atoms with van der Waals surface area (Å²) >= 11 is 1.35. The molecular weight excluding hydrogens is 286 g/mol. The molecule has 21 heavy (non-hydrogen) atoms. The van der Waals surface area contributed by atoms with Gasteiger partial charge in [-0.15, -0.1) is 10.2 Å². The summed E-state index contributed by atoms with van der Waals surface area (Å²) in [4.78, 5) is 12.4. The van der Waals surface area contributed by atoms with Gasteiger partial charge in [0.2, 0.25) is 11.0 Å². The maximum absolute atomic E-state index is 12.4. The van der Waals surface area contributed by atoms with Crippen molar-refractivity contribution in [2.45, 2.75) is 32.8 Å².